The van der Waals surface area contributed by atoms with Crippen molar-refractivity contribution in [2.75, 3.05) is 31.0 Å². The minimum Gasteiger partial charge on any atom is -0.497 e. The molecule has 8 heteroatoms. The number of ether oxygens (including phenoxy) is 3. The van der Waals surface area contributed by atoms with Crippen LogP contribution in [0.5, 0.6) is 17.2 Å². The number of carbonyl (C=O) groups is 3. The third-order valence-corrected chi connectivity index (χ3v) is 4.56. The molecule has 152 valence electrons. The maximum absolute atomic E-state index is 12.7. The molecule has 8 nitrogen and oxygen atoms in total. The van der Waals surface area contributed by atoms with Gasteiger partial charge in [-0.3, -0.25) is 19.3 Å². The fraction of sp³-hybridized carbons (Fsp3) is 0.286. The van der Waals surface area contributed by atoms with E-state index in [0.29, 0.717) is 34.2 Å². The van der Waals surface area contributed by atoms with Crippen LogP contribution in [-0.4, -0.2) is 44.5 Å². The Morgan fingerprint density at radius 3 is 2.55 bits per heavy atom. The third kappa shape index (κ3) is 4.16. The zero-order valence-electron chi connectivity index (χ0n) is 16.6. The van der Waals surface area contributed by atoms with Gasteiger partial charge in [-0.15, -0.1) is 0 Å². The van der Waals surface area contributed by atoms with Gasteiger partial charge in [-0.25, -0.2) is 0 Å². The summed E-state index contributed by atoms with van der Waals surface area (Å²) in [4.78, 5) is 38.4. The van der Waals surface area contributed by atoms with E-state index in [1.807, 2.05) is 0 Å². The van der Waals surface area contributed by atoms with E-state index >= 15 is 0 Å². The first-order valence-corrected chi connectivity index (χ1v) is 8.99. The molecule has 2 amide bonds. The molecule has 3 rings (SSSR count). The van der Waals surface area contributed by atoms with E-state index in [4.69, 9.17) is 14.2 Å². The van der Waals surface area contributed by atoms with E-state index in [2.05, 4.69) is 5.32 Å². The molecule has 1 N–H and O–H groups in total. The Kier molecular flexibility index (Phi) is 5.72. The molecular formula is C21H22N2O6. The summed E-state index contributed by atoms with van der Waals surface area (Å²) in [7, 11) is 3.01. The fourth-order valence-electron chi connectivity index (χ4n) is 3.03. The van der Waals surface area contributed by atoms with Crippen LogP contribution in [0, 0.1) is 0 Å². The lowest BCUT2D eigenvalue weighted by atomic mass is 10.1. The Morgan fingerprint density at radius 2 is 1.90 bits per heavy atom. The van der Waals surface area contributed by atoms with Gasteiger partial charge in [0.05, 0.1) is 25.6 Å². The minimum atomic E-state index is -0.746. The molecule has 0 bridgehead atoms. The first kappa shape index (κ1) is 20.2. The van der Waals surface area contributed by atoms with Gasteiger partial charge in [-0.05, 0) is 44.2 Å². The van der Waals surface area contributed by atoms with Crippen molar-refractivity contribution in [2.45, 2.75) is 20.0 Å². The van der Waals surface area contributed by atoms with Crippen molar-refractivity contribution in [3.8, 4) is 17.2 Å². The van der Waals surface area contributed by atoms with Crippen LogP contribution < -0.4 is 24.4 Å². The van der Waals surface area contributed by atoms with Crippen LogP contribution in [0.1, 0.15) is 24.2 Å². The highest BCUT2D eigenvalue weighted by Crippen LogP contribution is 2.35. The van der Waals surface area contributed by atoms with E-state index in [-0.39, 0.29) is 18.2 Å². The van der Waals surface area contributed by atoms with Crippen molar-refractivity contribution in [3.63, 3.8) is 0 Å². The molecular weight excluding hydrogens is 376 g/mol. The zero-order chi connectivity index (χ0) is 21.1. The number of rotatable bonds is 6. The lowest BCUT2D eigenvalue weighted by Gasteiger charge is -2.32. The van der Waals surface area contributed by atoms with Crippen LogP contribution in [0.25, 0.3) is 0 Å². The van der Waals surface area contributed by atoms with E-state index in [9.17, 15) is 14.4 Å². The molecule has 1 atom stereocenters. The molecule has 0 aromatic heterocycles. The summed E-state index contributed by atoms with van der Waals surface area (Å²) in [6.45, 7) is 2.80. The molecule has 0 spiro atoms. The molecule has 1 aliphatic rings. The van der Waals surface area contributed by atoms with Crippen molar-refractivity contribution in [1.29, 1.82) is 0 Å². The smallest absolute Gasteiger partial charge is 0.268 e. The highest BCUT2D eigenvalue weighted by Gasteiger charge is 2.33. The average Bonchev–Trinajstić information content (AvgIpc) is 2.70. The van der Waals surface area contributed by atoms with Gasteiger partial charge < -0.3 is 19.5 Å². The lowest BCUT2D eigenvalue weighted by Crippen LogP contribution is -2.47. The highest BCUT2D eigenvalue weighted by atomic mass is 16.5. The second-order valence-corrected chi connectivity index (χ2v) is 6.54. The number of methoxy groups -OCH3 is 2. The van der Waals surface area contributed by atoms with Gasteiger partial charge in [0.2, 0.25) is 5.91 Å². The van der Waals surface area contributed by atoms with E-state index in [1.54, 1.807) is 43.3 Å². The highest BCUT2D eigenvalue weighted by molar-refractivity contribution is 6.07. The number of nitrogens with zero attached hydrogens (tertiary/aromatic N) is 1. The minimum absolute atomic E-state index is 0.149. The van der Waals surface area contributed by atoms with Crippen LogP contribution in [0.15, 0.2) is 36.4 Å². The molecule has 29 heavy (non-hydrogen) atoms. The number of benzene rings is 2. The normalized spacial score (nSPS) is 15.2. The van der Waals surface area contributed by atoms with Crippen LogP contribution in [0.2, 0.25) is 0 Å². The number of carbonyl (C=O) groups excluding carboxylic acids is 3. The van der Waals surface area contributed by atoms with Crippen molar-refractivity contribution in [1.82, 2.24) is 0 Å². The summed E-state index contributed by atoms with van der Waals surface area (Å²) in [6.07, 6.45) is -0.746. The molecule has 0 radical (unpaired) electrons. The maximum atomic E-state index is 12.7. The Balaban J connectivity index is 1.88. The van der Waals surface area contributed by atoms with Crippen molar-refractivity contribution in [3.05, 3.63) is 42.0 Å². The van der Waals surface area contributed by atoms with Gasteiger partial charge in [-0.1, -0.05) is 0 Å². The molecule has 0 aliphatic carbocycles. The number of fused-ring (bicyclic) bond motifs is 1. The lowest BCUT2D eigenvalue weighted by molar-refractivity contribution is -0.127. The van der Waals surface area contributed by atoms with E-state index < -0.39 is 12.0 Å². The monoisotopic (exact) mass is 398 g/mol. The van der Waals surface area contributed by atoms with Crippen LogP contribution in [-0.2, 0) is 9.59 Å². The number of Topliss-reactive ketones (excluding diaryl/α,β-unsaturated/α-hetero) is 1. The van der Waals surface area contributed by atoms with E-state index in [0.717, 1.165) is 0 Å². The van der Waals surface area contributed by atoms with Gasteiger partial charge in [-0.2, -0.15) is 0 Å². The molecule has 1 aliphatic heterocycles. The Hall–Kier alpha value is -3.55. The molecule has 2 aromatic rings. The van der Waals surface area contributed by atoms with E-state index in [1.165, 1.54) is 26.0 Å². The molecule has 0 saturated heterocycles. The standard InChI is InChI=1S/C21H22N2O6/c1-12(24)14-5-7-19-17(9-14)23(21(26)13(2)29-19)11-20(25)22-16-10-15(27-3)6-8-18(16)28-4/h5-10,13H,11H2,1-4H3,(H,22,25). The maximum Gasteiger partial charge on any atom is 0.268 e. The number of hydrogen-bond donors (Lipinski definition) is 1. The van der Waals surface area contributed by atoms with Crippen molar-refractivity contribution < 1.29 is 28.6 Å². The second-order valence-electron chi connectivity index (χ2n) is 6.54. The Morgan fingerprint density at radius 1 is 1.14 bits per heavy atom. The van der Waals surface area contributed by atoms with Gasteiger partial charge in [0.1, 0.15) is 23.8 Å². The second kappa shape index (κ2) is 8.22. The first-order valence-electron chi connectivity index (χ1n) is 8.99. The van der Waals surface area contributed by atoms with Gasteiger partial charge in [0, 0.05) is 11.6 Å². The fourth-order valence-corrected chi connectivity index (χ4v) is 3.03. The number of nitrogens with one attached hydrogen (secondary N) is 1. The molecule has 0 saturated carbocycles. The quantitative estimate of drug-likeness (QED) is 0.752. The number of ketones is 1. The summed E-state index contributed by atoms with van der Waals surface area (Å²) in [6, 6.07) is 9.82. The van der Waals surface area contributed by atoms with Gasteiger partial charge in [0.25, 0.3) is 5.91 Å². The average molecular weight is 398 g/mol. The number of anilines is 2. The van der Waals surface area contributed by atoms with Crippen molar-refractivity contribution >= 4 is 29.0 Å². The molecule has 1 unspecified atom stereocenters. The van der Waals surface area contributed by atoms with Gasteiger partial charge in [0.15, 0.2) is 11.9 Å². The molecule has 2 aromatic carbocycles. The summed E-state index contributed by atoms with van der Waals surface area (Å²) in [5.74, 6) is 0.496. The van der Waals surface area contributed by atoms with Crippen LogP contribution in [0.3, 0.4) is 0 Å². The van der Waals surface area contributed by atoms with Gasteiger partial charge >= 0.3 is 0 Å². The predicted molar refractivity (Wildman–Crippen MR) is 107 cm³/mol. The summed E-state index contributed by atoms with van der Waals surface area (Å²) < 4.78 is 16.0. The number of amides is 2. The largest absolute Gasteiger partial charge is 0.497 e. The first-order chi connectivity index (χ1) is 13.8. The third-order valence-electron chi connectivity index (χ3n) is 4.56. The number of hydrogen-bond acceptors (Lipinski definition) is 6. The molecule has 1 heterocycles. The Labute approximate surface area is 168 Å². The van der Waals surface area contributed by atoms with Crippen LogP contribution >= 0.6 is 0 Å². The zero-order valence-corrected chi connectivity index (χ0v) is 16.6. The Bertz CT molecular complexity index is 972. The molecule has 0 fully saturated rings. The van der Waals surface area contributed by atoms with Crippen LogP contribution in [0.4, 0.5) is 11.4 Å². The summed E-state index contributed by atoms with van der Waals surface area (Å²) in [5.41, 5.74) is 1.23. The summed E-state index contributed by atoms with van der Waals surface area (Å²) >= 11 is 0. The predicted octanol–water partition coefficient (Wildman–Crippen LogP) is 2.66. The van der Waals surface area contributed by atoms with Crippen molar-refractivity contribution in [2.24, 2.45) is 0 Å². The topological polar surface area (TPSA) is 94.2 Å². The summed E-state index contributed by atoms with van der Waals surface area (Å²) in [5, 5.41) is 2.74. The SMILES string of the molecule is COc1ccc(OC)c(NC(=O)CN2C(=O)C(C)Oc3ccc(C(C)=O)cc32)c1.